The highest BCUT2D eigenvalue weighted by Crippen LogP contribution is 2.21. The highest BCUT2D eigenvalue weighted by atomic mass is 16.3. The first kappa shape index (κ1) is 9.03. The van der Waals surface area contributed by atoms with E-state index in [0.29, 0.717) is 12.5 Å². The monoisotopic (exact) mass is 213 g/mol. The predicted octanol–water partition coefficient (Wildman–Crippen LogP) is 2.26. The number of rotatable bonds is 2. The zero-order valence-electron chi connectivity index (χ0n) is 8.63. The van der Waals surface area contributed by atoms with Gasteiger partial charge in [-0.2, -0.15) is 0 Å². The van der Waals surface area contributed by atoms with Crippen LogP contribution in [0.25, 0.3) is 11.0 Å². The molecule has 0 bridgehead atoms. The standard InChI is InChI=1S/C12H11N3O/c13-12-14-5-6-15(12)7-9-8-16-11-4-2-1-3-10(9)11/h1-6,8H,7H2,(H2,13,14). The SMILES string of the molecule is Nc1nccn1Cc1coc2ccccc12. The Kier molecular flexibility index (Phi) is 1.93. The van der Waals surface area contributed by atoms with Crippen LogP contribution in [-0.2, 0) is 6.54 Å². The number of nitrogen functional groups attached to an aromatic ring is 1. The first-order valence-electron chi connectivity index (χ1n) is 5.06. The first-order valence-corrected chi connectivity index (χ1v) is 5.06. The number of nitrogens with two attached hydrogens (primary N) is 1. The summed E-state index contributed by atoms with van der Waals surface area (Å²) in [4.78, 5) is 3.99. The minimum atomic E-state index is 0.519. The van der Waals surface area contributed by atoms with Crippen molar-refractivity contribution in [2.24, 2.45) is 0 Å². The number of imidazole rings is 1. The second-order valence-corrected chi connectivity index (χ2v) is 3.67. The molecule has 0 spiro atoms. The Labute approximate surface area is 92.3 Å². The van der Waals surface area contributed by atoms with E-state index in [-0.39, 0.29) is 0 Å². The molecule has 2 N–H and O–H groups in total. The molecule has 0 amide bonds. The Morgan fingerprint density at radius 2 is 2.19 bits per heavy atom. The maximum absolute atomic E-state index is 5.72. The van der Waals surface area contributed by atoms with Gasteiger partial charge in [0.05, 0.1) is 12.8 Å². The molecule has 3 aromatic rings. The first-order chi connectivity index (χ1) is 7.84. The zero-order chi connectivity index (χ0) is 11.0. The summed E-state index contributed by atoms with van der Waals surface area (Å²) in [7, 11) is 0. The molecule has 0 atom stereocenters. The quantitative estimate of drug-likeness (QED) is 0.710. The Morgan fingerprint density at radius 3 is 3.00 bits per heavy atom. The zero-order valence-corrected chi connectivity index (χ0v) is 8.63. The van der Waals surface area contributed by atoms with Gasteiger partial charge in [0.15, 0.2) is 5.95 Å². The lowest BCUT2D eigenvalue weighted by molar-refractivity contribution is 0.607. The summed E-state index contributed by atoms with van der Waals surface area (Å²) >= 11 is 0. The van der Waals surface area contributed by atoms with E-state index in [2.05, 4.69) is 4.98 Å². The van der Waals surface area contributed by atoms with Gasteiger partial charge in [-0.05, 0) is 6.07 Å². The molecule has 0 fully saturated rings. The van der Waals surface area contributed by atoms with Crippen molar-refractivity contribution in [2.75, 3.05) is 5.73 Å². The van der Waals surface area contributed by atoms with E-state index in [1.807, 2.05) is 35.0 Å². The Morgan fingerprint density at radius 1 is 1.31 bits per heavy atom. The summed E-state index contributed by atoms with van der Waals surface area (Å²) in [5.41, 5.74) is 7.73. The van der Waals surface area contributed by atoms with Crippen molar-refractivity contribution < 1.29 is 4.42 Å². The predicted molar refractivity (Wildman–Crippen MR) is 62.0 cm³/mol. The number of para-hydroxylation sites is 1. The van der Waals surface area contributed by atoms with Crippen LogP contribution < -0.4 is 5.73 Å². The molecule has 1 aromatic carbocycles. The van der Waals surface area contributed by atoms with Gasteiger partial charge in [-0.25, -0.2) is 4.98 Å². The van der Waals surface area contributed by atoms with Crippen molar-refractivity contribution in [1.82, 2.24) is 9.55 Å². The molecule has 0 saturated carbocycles. The van der Waals surface area contributed by atoms with Gasteiger partial charge in [0, 0.05) is 23.3 Å². The topological polar surface area (TPSA) is 57.0 Å². The van der Waals surface area contributed by atoms with Crippen LogP contribution in [0, 0.1) is 0 Å². The number of hydrogen-bond donors (Lipinski definition) is 1. The van der Waals surface area contributed by atoms with E-state index < -0.39 is 0 Å². The van der Waals surface area contributed by atoms with Crippen molar-refractivity contribution in [1.29, 1.82) is 0 Å². The molecule has 0 aliphatic carbocycles. The third-order valence-electron chi connectivity index (χ3n) is 2.65. The summed E-state index contributed by atoms with van der Waals surface area (Å²) < 4.78 is 7.35. The van der Waals surface area contributed by atoms with Crippen molar-refractivity contribution in [3.05, 3.63) is 48.5 Å². The average Bonchev–Trinajstić information content (AvgIpc) is 2.88. The van der Waals surface area contributed by atoms with Gasteiger partial charge >= 0.3 is 0 Å². The molecular weight excluding hydrogens is 202 g/mol. The van der Waals surface area contributed by atoms with Crippen LogP contribution >= 0.6 is 0 Å². The van der Waals surface area contributed by atoms with Gasteiger partial charge in [-0.1, -0.05) is 18.2 Å². The van der Waals surface area contributed by atoms with E-state index >= 15 is 0 Å². The maximum atomic E-state index is 5.72. The molecule has 4 heteroatoms. The van der Waals surface area contributed by atoms with Crippen LogP contribution in [-0.4, -0.2) is 9.55 Å². The lowest BCUT2D eigenvalue weighted by atomic mass is 10.2. The molecule has 0 aliphatic rings. The number of fused-ring (bicyclic) bond motifs is 1. The van der Waals surface area contributed by atoms with Gasteiger partial charge in [-0.3, -0.25) is 0 Å². The minimum Gasteiger partial charge on any atom is -0.464 e. The third kappa shape index (κ3) is 1.35. The van der Waals surface area contributed by atoms with Gasteiger partial charge in [0.2, 0.25) is 0 Å². The fourth-order valence-electron chi connectivity index (χ4n) is 1.81. The number of nitrogens with zero attached hydrogens (tertiary/aromatic N) is 2. The molecule has 2 aromatic heterocycles. The molecule has 0 unspecified atom stereocenters. The molecule has 0 radical (unpaired) electrons. The smallest absolute Gasteiger partial charge is 0.200 e. The van der Waals surface area contributed by atoms with Gasteiger partial charge < -0.3 is 14.7 Å². The van der Waals surface area contributed by atoms with E-state index in [4.69, 9.17) is 10.2 Å². The molecule has 0 aliphatic heterocycles. The maximum Gasteiger partial charge on any atom is 0.200 e. The minimum absolute atomic E-state index is 0.519. The van der Waals surface area contributed by atoms with Crippen LogP contribution in [0.2, 0.25) is 0 Å². The fourth-order valence-corrected chi connectivity index (χ4v) is 1.81. The van der Waals surface area contributed by atoms with Gasteiger partial charge in [0.25, 0.3) is 0 Å². The number of hydrogen-bond acceptors (Lipinski definition) is 3. The molecule has 0 saturated heterocycles. The summed E-state index contributed by atoms with van der Waals surface area (Å²) in [6.45, 7) is 0.683. The van der Waals surface area contributed by atoms with Crippen molar-refractivity contribution in [3.8, 4) is 0 Å². The molecule has 3 rings (SSSR count). The van der Waals surface area contributed by atoms with Crippen LogP contribution in [0.4, 0.5) is 5.95 Å². The van der Waals surface area contributed by atoms with Crippen LogP contribution in [0.15, 0.2) is 47.3 Å². The normalized spacial score (nSPS) is 11.0. The van der Waals surface area contributed by atoms with Crippen molar-refractivity contribution in [2.45, 2.75) is 6.54 Å². The summed E-state index contributed by atoms with van der Waals surface area (Å²) in [5, 5.41) is 1.12. The average molecular weight is 213 g/mol. The lowest BCUT2D eigenvalue weighted by Gasteiger charge is -2.02. The molecule has 2 heterocycles. The van der Waals surface area contributed by atoms with Crippen LogP contribution in [0.3, 0.4) is 0 Å². The van der Waals surface area contributed by atoms with Crippen molar-refractivity contribution in [3.63, 3.8) is 0 Å². The largest absolute Gasteiger partial charge is 0.464 e. The third-order valence-corrected chi connectivity index (χ3v) is 2.65. The highest BCUT2D eigenvalue weighted by molar-refractivity contribution is 5.80. The fraction of sp³-hybridized carbons (Fsp3) is 0.0833. The van der Waals surface area contributed by atoms with E-state index in [1.54, 1.807) is 12.5 Å². The van der Waals surface area contributed by atoms with Gasteiger partial charge in [0.1, 0.15) is 5.58 Å². The number of furan rings is 1. The second kappa shape index (κ2) is 3.41. The molecule has 80 valence electrons. The summed E-state index contributed by atoms with van der Waals surface area (Å²) in [6, 6.07) is 7.96. The van der Waals surface area contributed by atoms with Crippen LogP contribution in [0.1, 0.15) is 5.56 Å². The summed E-state index contributed by atoms with van der Waals surface area (Å²) in [6.07, 6.45) is 5.32. The Balaban J connectivity index is 2.04. The van der Waals surface area contributed by atoms with Gasteiger partial charge in [-0.15, -0.1) is 0 Å². The highest BCUT2D eigenvalue weighted by Gasteiger charge is 2.06. The van der Waals surface area contributed by atoms with Crippen molar-refractivity contribution >= 4 is 16.9 Å². The molecule has 4 nitrogen and oxygen atoms in total. The van der Waals surface area contributed by atoms with E-state index in [0.717, 1.165) is 16.5 Å². The van der Waals surface area contributed by atoms with Crippen LogP contribution in [0.5, 0.6) is 0 Å². The Hall–Kier alpha value is -2.23. The second-order valence-electron chi connectivity index (χ2n) is 3.67. The number of anilines is 1. The molecule has 16 heavy (non-hydrogen) atoms. The summed E-state index contributed by atoms with van der Waals surface area (Å²) in [5.74, 6) is 0.519. The van der Waals surface area contributed by atoms with E-state index in [9.17, 15) is 0 Å². The number of aromatic nitrogens is 2. The van der Waals surface area contributed by atoms with E-state index in [1.165, 1.54) is 0 Å². The Bertz CT molecular complexity index is 624. The number of benzene rings is 1. The molecular formula is C12H11N3O. The lowest BCUT2D eigenvalue weighted by Crippen LogP contribution is -2.02.